The van der Waals surface area contributed by atoms with E-state index in [2.05, 4.69) is 122 Å². The molecule has 2 saturated carbocycles. The molecule has 12 N–H and O–H groups in total. The summed E-state index contributed by atoms with van der Waals surface area (Å²) in [5, 5.41) is 40.2. The van der Waals surface area contributed by atoms with Crippen molar-refractivity contribution in [2.45, 2.75) is 341 Å². The van der Waals surface area contributed by atoms with E-state index in [1.807, 2.05) is 75.3 Å². The summed E-state index contributed by atoms with van der Waals surface area (Å²) in [7, 11) is 5.16. The molecular weight excluding hydrogens is 1800 g/mol. The Hall–Kier alpha value is -3.61. The molecule has 3 radical (unpaired) electrons. The van der Waals surface area contributed by atoms with Crippen LogP contribution in [0.5, 0.6) is 5.75 Å². The number of rotatable bonds is 27. The number of aromatic nitrogens is 1. The first-order valence-electron chi connectivity index (χ1n) is 42.2. The molecule has 1 aromatic heterocycles. The maximum absolute atomic E-state index is 13.3. The van der Waals surface area contributed by atoms with E-state index in [4.69, 9.17) is 82.7 Å². The fourth-order valence-corrected chi connectivity index (χ4v) is 9.78. The van der Waals surface area contributed by atoms with Gasteiger partial charge in [-0.25, -0.2) is 23.6 Å². The number of ketones is 1. The Morgan fingerprint density at radius 3 is 1.41 bits per heavy atom. The number of aldehydes is 1. The first kappa shape index (κ1) is 128. The number of ether oxygens (including phenoxy) is 4. The molecule has 6 rings (SSSR count). The van der Waals surface area contributed by atoms with Crippen molar-refractivity contribution in [2.24, 2.45) is 29.2 Å². The first-order valence-corrected chi connectivity index (χ1v) is 46.9. The van der Waals surface area contributed by atoms with E-state index in [0.717, 1.165) is 95.3 Å². The second-order valence-electron chi connectivity index (χ2n) is 34.6. The number of nitrogens with two attached hydrogens (primary N) is 2. The van der Waals surface area contributed by atoms with Gasteiger partial charge in [0.2, 0.25) is 5.43 Å². The van der Waals surface area contributed by atoms with Crippen molar-refractivity contribution < 1.29 is 62.0 Å². The number of aromatic hydroxyl groups is 1. The summed E-state index contributed by atoms with van der Waals surface area (Å²) in [6.07, 6.45) is 12.6. The molecule has 36 heteroatoms. The number of Topliss-reactive ketones (excluding diaryl/α,β-unsaturated/α-hetero) is 1. The van der Waals surface area contributed by atoms with Crippen LogP contribution in [0.3, 0.4) is 0 Å². The number of halogens is 6. The van der Waals surface area contributed by atoms with Crippen LogP contribution in [0.25, 0.3) is 0 Å². The van der Waals surface area contributed by atoms with Crippen LogP contribution in [0.15, 0.2) is 35.3 Å². The fourth-order valence-electron chi connectivity index (χ4n) is 9.78. The Bertz CT molecular complexity index is 3140. The molecule has 2 unspecified atom stereocenters. The predicted octanol–water partition coefficient (Wildman–Crippen LogP) is 15.7. The van der Waals surface area contributed by atoms with Gasteiger partial charge >= 0.3 is 52.8 Å². The molecular formula is C85H164AlBCl4FIN13O13P2. The van der Waals surface area contributed by atoms with Crippen LogP contribution < -0.4 is 54.1 Å². The van der Waals surface area contributed by atoms with Gasteiger partial charge in [-0.1, -0.05) is 67.5 Å². The van der Waals surface area contributed by atoms with E-state index in [9.17, 15) is 47.9 Å². The molecule has 26 nitrogen and oxygen atoms in total. The number of aryl methyl sites for hydroxylation is 1. The number of carbonyl (C=O) groups excluding carboxylic acids is 7. The summed E-state index contributed by atoms with van der Waals surface area (Å²) in [5.74, 6) is -0.00241. The van der Waals surface area contributed by atoms with Crippen molar-refractivity contribution in [2.75, 3.05) is 68.8 Å². The number of amides is 5. The Balaban J connectivity index is -0.000000259. The molecule has 5 amide bonds. The van der Waals surface area contributed by atoms with Crippen molar-refractivity contribution in [3.8, 4) is 11.8 Å². The van der Waals surface area contributed by atoms with E-state index in [1.165, 1.54) is 56.3 Å². The van der Waals surface area contributed by atoms with Gasteiger partial charge in [0.25, 0.3) is 5.91 Å². The smallest absolute Gasteiger partial charge is 0.146 e. The van der Waals surface area contributed by atoms with E-state index in [1.54, 1.807) is 77.0 Å². The van der Waals surface area contributed by atoms with Gasteiger partial charge in [0, 0.05) is 80.5 Å². The van der Waals surface area contributed by atoms with Gasteiger partial charge in [-0.3, -0.25) is 19.3 Å². The minimum absolute atomic E-state index is 0. The number of fused-ring (bicyclic) bond motifs is 2. The fraction of sp³-hybridized carbons (Fsp3) is 0.776. The number of benzene rings is 1. The Labute approximate surface area is 779 Å². The third kappa shape index (κ3) is 81.9. The number of hydrogen-bond donors (Lipinski definition) is 10. The Kier molecular flexibility index (Phi) is 79.8. The third-order valence-electron chi connectivity index (χ3n) is 15.3. The zero-order chi connectivity index (χ0) is 95.0. The van der Waals surface area contributed by atoms with E-state index in [-0.39, 0.29) is 106 Å². The van der Waals surface area contributed by atoms with E-state index in [0.29, 0.717) is 49.7 Å². The standard InChI is InChI=1S/C25H30FN3O4.C13H28N2O2.C12H24N2O2.C9H16N2O2.C9H17NO3.C8H20N2.C3H7N.2C2H7P.2CH2Cl2.Al.BH2I.2H/c1-15(2)12-27-11-10-16(3)29-21(27)14-28-13-19(23(31)24(32)22(28)25(29)33)20(30)9-6-17-4-7-18(26)8-5-17;1-10(2)9-14-8-7-11(3)15-12(16)17-13(4,5)6;1-9(7-8-13-10-5-6-10)14-11(15)16-12(2,3)4;1-7(5-6-10)11-8(12)13-9(2,3)4;1-7(5-6-11)10-8(12)13-9(2,3)4;1-7(2)6-10-5-4-8(3)9;4-3-1-2-3;2*1-2-3;2*2-1-3;;1-2;;/h4-5,7-8,13,15-16,21,32H,6,9-12,14H2,1-3H3;10-11,14H,7-9H2,1-6H3,(H,15,16);9-10,13H,5-8H2,1-4H3,(H,14,15);7H,5H2,1-4H3,(H,11,12);6-7H,5H2,1-4H3,(H,10,12);7-8,10H,4-6,9H2,1-3H3;3H,1-2,4H2;2*2-3H2,1H3;2*1H2;;2H2;;/t16-,21-;11-;9-;2*7-;8-;;;;;;;;;/m110001........./s1/i;;;;;;;;;;;;2D;;. The summed E-state index contributed by atoms with van der Waals surface area (Å²) in [5.41, 5.74) is 13.4. The van der Waals surface area contributed by atoms with E-state index >= 15 is 0 Å². The number of hydrogen-bond acceptors (Lipinski definition) is 20. The molecule has 1 saturated heterocycles. The molecule has 2 aromatic rings. The van der Waals surface area contributed by atoms with Crippen molar-refractivity contribution in [1.82, 2.24) is 51.6 Å². The number of nitrogens with one attached hydrogen (secondary N) is 7. The first-order chi connectivity index (χ1) is 56.0. The molecule has 0 spiro atoms. The number of nitrogens with zero attached hydrogens (tertiary/aromatic N) is 4. The number of alkyl carbamates (subject to hydrolysis) is 4. The molecule has 705 valence electrons. The second kappa shape index (κ2) is 75.4. The van der Waals surface area contributed by atoms with Gasteiger partial charge < -0.3 is 87.0 Å². The summed E-state index contributed by atoms with van der Waals surface area (Å²) in [6, 6.07) is 9.39. The quantitative estimate of drug-likeness (QED) is 0.00580. The van der Waals surface area contributed by atoms with Gasteiger partial charge in [0.1, 0.15) is 58.0 Å². The van der Waals surface area contributed by atoms with Crippen molar-refractivity contribution in [3.05, 3.63) is 63.3 Å². The number of carbonyl (C=O) groups is 7. The largest absolute Gasteiger partial charge is 0.146 e. The Morgan fingerprint density at radius 1 is 0.686 bits per heavy atom. The zero-order valence-corrected chi connectivity index (χ0v) is 88.3. The van der Waals surface area contributed by atoms with Gasteiger partial charge in [0.15, 0.2) is 17.2 Å². The SMILES string of the molecule is CC(C)CN1CC[C@@H](C)N2C(=O)c3c(O)c(=O)c(C(=O)CCc4ccc(F)cc4)cn3C[C@H]12.CC(C)CNCC[C@@H](C)N.CC(C)CNCC[C@@H](C)NC(=O)OC(C)(C)C.CCP.CCP.C[C@@H](CC#N)NC(=O)OC(C)(C)C.C[C@@H](CC=O)NC(=O)OC(C)(C)C.C[C@@H](CCNC1CC1)NC(=O)OC(C)(C)C.ClCCl.ClCCl.NC1CC1.[2H][IH][B].[AlH2]. The molecule has 3 fully saturated rings. The molecule has 2 aliphatic heterocycles. The predicted molar refractivity (Wildman–Crippen MR) is 524 cm³/mol. The molecule has 3 heterocycles. The van der Waals surface area contributed by atoms with Crippen LogP contribution in [0.2, 0.25) is 0 Å². The van der Waals surface area contributed by atoms with Gasteiger partial charge in [0.05, 0.1) is 35.3 Å². The summed E-state index contributed by atoms with van der Waals surface area (Å²) >= 11 is 18.3. The van der Waals surface area contributed by atoms with Gasteiger partial charge in [-0.15, -0.1) is 64.9 Å². The maximum Gasteiger partial charge on any atom is 0.146 e. The van der Waals surface area contributed by atoms with Crippen molar-refractivity contribution >= 4 is 152 Å². The summed E-state index contributed by atoms with van der Waals surface area (Å²) < 4.78 is 41.1. The molecule has 9 atom stereocenters. The normalized spacial score (nSPS) is 15.5. The average molecular weight is 1960 g/mol. The monoisotopic (exact) mass is 1960 g/mol. The van der Waals surface area contributed by atoms with Crippen LogP contribution in [-0.2, 0) is 36.7 Å². The minimum Gasteiger partial charge on any atom is 0.146 e. The summed E-state index contributed by atoms with van der Waals surface area (Å²) in [4.78, 5) is 98.2. The maximum atomic E-state index is 13.3. The topological polar surface area (TPSA) is 365 Å². The van der Waals surface area contributed by atoms with Crippen LogP contribution in [0.1, 0.15) is 277 Å². The van der Waals surface area contributed by atoms with Crippen LogP contribution >= 0.6 is 87.1 Å². The molecule has 2 aliphatic carbocycles. The van der Waals surface area contributed by atoms with Crippen molar-refractivity contribution in [3.63, 3.8) is 0 Å². The van der Waals surface area contributed by atoms with Gasteiger partial charge in [-0.05, 0) is 263 Å². The van der Waals surface area contributed by atoms with Gasteiger partial charge in [-0.2, -0.15) is 5.26 Å². The zero-order valence-electron chi connectivity index (χ0n) is 79.7. The summed E-state index contributed by atoms with van der Waals surface area (Å²) in [6.45, 7) is 57.7. The number of nitriles is 1. The second-order valence-corrected chi connectivity index (χ2v) is 37.8. The van der Waals surface area contributed by atoms with E-state index < -0.39 is 73.7 Å². The minimum atomic E-state index is -0.819. The molecule has 4 aliphatic rings. The van der Waals surface area contributed by atoms with Crippen LogP contribution in [-0.4, -0.2) is 231 Å². The number of pyridine rings is 1. The Morgan fingerprint density at radius 2 is 1.07 bits per heavy atom. The molecule has 121 heavy (non-hydrogen) atoms. The van der Waals surface area contributed by atoms with Crippen LogP contribution in [0.4, 0.5) is 23.6 Å². The third-order valence-corrected chi connectivity index (χ3v) is 15.3. The molecule has 1 aromatic carbocycles. The van der Waals surface area contributed by atoms with Crippen molar-refractivity contribution in [1.29, 1.82) is 5.86 Å². The van der Waals surface area contributed by atoms with Crippen LogP contribution in [0, 0.1) is 34.9 Å². The average Bonchev–Trinajstić information content (AvgIpc) is 0.970. The number of alkyl halides is 4. The molecule has 0 bridgehead atoms.